The minimum atomic E-state index is -1.26. The topological polar surface area (TPSA) is 118 Å². The smallest absolute Gasteiger partial charge is 0.328 e. The highest BCUT2D eigenvalue weighted by molar-refractivity contribution is 5.89. The monoisotopic (exact) mass is 382 g/mol. The number of aliphatic carboxylic acids is 2. The van der Waals surface area contributed by atoms with Gasteiger partial charge in [-0.1, -0.05) is 6.07 Å². The number of carbonyl (C=O) groups is 2. The van der Waals surface area contributed by atoms with Crippen LogP contribution in [0.4, 0.5) is 0 Å². The molecule has 0 bridgehead atoms. The zero-order valence-corrected chi connectivity index (χ0v) is 15.7. The van der Waals surface area contributed by atoms with E-state index in [9.17, 15) is 9.59 Å². The summed E-state index contributed by atoms with van der Waals surface area (Å²) >= 11 is 0. The summed E-state index contributed by atoms with van der Waals surface area (Å²) in [5.41, 5.74) is 1.13. The minimum Gasteiger partial charge on any atom is -0.493 e. The first-order chi connectivity index (χ1) is 12.9. The van der Waals surface area contributed by atoms with Crippen LogP contribution < -0.4 is 19.5 Å². The molecule has 0 amide bonds. The second-order valence-electron chi connectivity index (χ2n) is 5.53. The fourth-order valence-electron chi connectivity index (χ4n) is 2.54. The summed E-state index contributed by atoms with van der Waals surface area (Å²) in [7, 11) is 4.93. The van der Waals surface area contributed by atoms with Crippen LogP contribution in [-0.2, 0) is 16.1 Å². The number of benzene rings is 1. The summed E-state index contributed by atoms with van der Waals surface area (Å²) < 4.78 is 16.2. The molecule has 0 spiro atoms. The second kappa shape index (κ2) is 11.8. The number of rotatable bonds is 7. The van der Waals surface area contributed by atoms with Crippen LogP contribution in [0.5, 0.6) is 17.2 Å². The van der Waals surface area contributed by atoms with Crippen molar-refractivity contribution < 1.29 is 34.0 Å². The van der Waals surface area contributed by atoms with Crippen LogP contribution in [0.3, 0.4) is 0 Å². The molecule has 9 nitrogen and oxygen atoms in total. The first kappa shape index (κ1) is 22.3. The maximum atomic E-state index is 9.55. The van der Waals surface area contributed by atoms with Crippen LogP contribution >= 0.6 is 0 Å². The van der Waals surface area contributed by atoms with Gasteiger partial charge in [-0.15, -0.1) is 0 Å². The first-order valence-electron chi connectivity index (χ1n) is 8.27. The van der Waals surface area contributed by atoms with E-state index in [4.69, 9.17) is 24.4 Å². The van der Waals surface area contributed by atoms with Crippen molar-refractivity contribution in [1.29, 1.82) is 0 Å². The van der Waals surface area contributed by atoms with Crippen molar-refractivity contribution in [1.82, 2.24) is 10.2 Å². The predicted molar refractivity (Wildman–Crippen MR) is 98.7 cm³/mol. The molecule has 0 aliphatic carbocycles. The third-order valence-electron chi connectivity index (χ3n) is 3.76. The lowest BCUT2D eigenvalue weighted by molar-refractivity contribution is -0.134. The molecule has 0 aromatic heterocycles. The number of nitrogens with one attached hydrogen (secondary N) is 1. The molecule has 1 aromatic rings. The van der Waals surface area contributed by atoms with E-state index in [0.29, 0.717) is 23.7 Å². The highest BCUT2D eigenvalue weighted by Gasteiger charge is 2.18. The Bertz CT molecular complexity index is 639. The molecule has 27 heavy (non-hydrogen) atoms. The lowest BCUT2D eigenvalue weighted by Crippen LogP contribution is -2.42. The van der Waals surface area contributed by atoms with Crippen molar-refractivity contribution in [3.05, 3.63) is 29.8 Å². The third kappa shape index (κ3) is 7.55. The Morgan fingerprint density at radius 2 is 1.56 bits per heavy atom. The third-order valence-corrected chi connectivity index (χ3v) is 3.76. The molecule has 1 aliphatic rings. The molecule has 1 heterocycles. The second-order valence-corrected chi connectivity index (χ2v) is 5.53. The molecule has 0 atom stereocenters. The number of methoxy groups -OCH3 is 3. The van der Waals surface area contributed by atoms with Gasteiger partial charge in [0.2, 0.25) is 5.75 Å². The largest absolute Gasteiger partial charge is 0.493 e. The van der Waals surface area contributed by atoms with E-state index in [0.717, 1.165) is 44.0 Å². The Kier molecular flexibility index (Phi) is 9.70. The van der Waals surface area contributed by atoms with E-state index in [2.05, 4.69) is 10.2 Å². The van der Waals surface area contributed by atoms with Gasteiger partial charge in [0, 0.05) is 50.4 Å². The zero-order valence-electron chi connectivity index (χ0n) is 15.7. The van der Waals surface area contributed by atoms with E-state index in [1.54, 1.807) is 21.3 Å². The van der Waals surface area contributed by atoms with Crippen LogP contribution in [0.15, 0.2) is 24.3 Å². The van der Waals surface area contributed by atoms with Gasteiger partial charge in [-0.25, -0.2) is 9.59 Å². The molecule has 1 fully saturated rings. The average molecular weight is 382 g/mol. The van der Waals surface area contributed by atoms with Gasteiger partial charge in [0.1, 0.15) is 0 Å². The van der Waals surface area contributed by atoms with Gasteiger partial charge in [0.15, 0.2) is 11.5 Å². The summed E-state index contributed by atoms with van der Waals surface area (Å²) in [6.45, 7) is 5.05. The highest BCUT2D eigenvalue weighted by atomic mass is 16.5. The van der Waals surface area contributed by atoms with Gasteiger partial charge < -0.3 is 29.7 Å². The van der Waals surface area contributed by atoms with Gasteiger partial charge in [0.05, 0.1) is 21.3 Å². The van der Waals surface area contributed by atoms with E-state index >= 15 is 0 Å². The van der Waals surface area contributed by atoms with Crippen molar-refractivity contribution in [2.45, 2.75) is 6.54 Å². The molecule has 0 unspecified atom stereocenters. The first-order valence-corrected chi connectivity index (χ1v) is 8.27. The zero-order chi connectivity index (χ0) is 20.2. The molecule has 0 saturated carbocycles. The van der Waals surface area contributed by atoms with Crippen molar-refractivity contribution in [3.63, 3.8) is 0 Å². The molecular formula is C18H26N2O7. The molecule has 1 saturated heterocycles. The van der Waals surface area contributed by atoms with Crippen LogP contribution in [0.25, 0.3) is 0 Å². The van der Waals surface area contributed by atoms with Crippen LogP contribution in [0.2, 0.25) is 0 Å². The molecule has 9 heteroatoms. The predicted octanol–water partition coefficient (Wildman–Crippen LogP) is 0.829. The van der Waals surface area contributed by atoms with Gasteiger partial charge in [0.25, 0.3) is 0 Å². The number of carboxylic acids is 2. The van der Waals surface area contributed by atoms with Crippen LogP contribution in [0.1, 0.15) is 5.56 Å². The summed E-state index contributed by atoms with van der Waals surface area (Å²) in [5.74, 6) is -0.388. The average Bonchev–Trinajstić information content (AvgIpc) is 2.67. The molecule has 150 valence electrons. The number of hydrogen-bond donors (Lipinski definition) is 3. The molecular weight excluding hydrogens is 356 g/mol. The normalized spacial score (nSPS) is 14.2. The van der Waals surface area contributed by atoms with E-state index in [-0.39, 0.29) is 0 Å². The number of hydrogen-bond acceptors (Lipinski definition) is 7. The number of piperazine rings is 1. The van der Waals surface area contributed by atoms with Gasteiger partial charge >= 0.3 is 11.9 Å². The maximum Gasteiger partial charge on any atom is 0.328 e. The Hall–Kier alpha value is -2.78. The van der Waals surface area contributed by atoms with Crippen molar-refractivity contribution in [2.24, 2.45) is 0 Å². The van der Waals surface area contributed by atoms with Crippen LogP contribution in [-0.4, -0.2) is 74.6 Å². The Morgan fingerprint density at radius 3 is 2.00 bits per heavy atom. The Balaban J connectivity index is 0.000000387. The number of carboxylic acid groups (broad SMARTS) is 2. The fourth-order valence-corrected chi connectivity index (χ4v) is 2.54. The fraction of sp³-hybridized carbons (Fsp3) is 0.444. The molecule has 2 rings (SSSR count). The summed E-state index contributed by atoms with van der Waals surface area (Å²) in [6, 6.07) is 3.97. The quantitative estimate of drug-likeness (QED) is 0.589. The Morgan fingerprint density at radius 1 is 1.00 bits per heavy atom. The minimum absolute atomic E-state index is 0.558. The van der Waals surface area contributed by atoms with E-state index in [1.807, 2.05) is 12.1 Å². The molecule has 3 N–H and O–H groups in total. The summed E-state index contributed by atoms with van der Waals surface area (Å²) in [4.78, 5) is 21.5. The molecule has 0 radical (unpaired) electrons. The summed E-state index contributed by atoms with van der Waals surface area (Å²) in [6.07, 6.45) is 1.12. The lowest BCUT2D eigenvalue weighted by atomic mass is 10.1. The van der Waals surface area contributed by atoms with Crippen molar-refractivity contribution >= 4 is 11.9 Å². The number of nitrogens with zero attached hydrogens (tertiary/aromatic N) is 1. The van der Waals surface area contributed by atoms with Crippen LogP contribution in [0, 0.1) is 0 Å². The van der Waals surface area contributed by atoms with Gasteiger partial charge in [-0.05, 0) is 6.07 Å². The lowest BCUT2D eigenvalue weighted by Gasteiger charge is -2.28. The SMILES string of the molecule is COc1ccc(CN2CCNCC2)c(OC)c1OC.O=C(O)/C=C\C(=O)O. The van der Waals surface area contributed by atoms with Crippen molar-refractivity contribution in [2.75, 3.05) is 47.5 Å². The Labute approximate surface area is 158 Å². The standard InChI is InChI=1S/C14H22N2O3.C4H4O4/c1-17-12-5-4-11(13(18-2)14(12)19-3)10-16-8-6-15-7-9-16;5-3(6)1-2-4(7)8/h4-5,15H,6-10H2,1-3H3;1-2H,(H,5,6)(H,7,8)/b;2-1-. The molecule has 1 aliphatic heterocycles. The maximum absolute atomic E-state index is 9.55. The number of ether oxygens (including phenoxy) is 3. The molecule has 1 aromatic carbocycles. The van der Waals surface area contributed by atoms with Crippen molar-refractivity contribution in [3.8, 4) is 17.2 Å². The van der Waals surface area contributed by atoms with E-state index < -0.39 is 11.9 Å². The summed E-state index contributed by atoms with van der Waals surface area (Å²) in [5, 5.41) is 19.0. The highest BCUT2D eigenvalue weighted by Crippen LogP contribution is 2.40. The van der Waals surface area contributed by atoms with Gasteiger partial charge in [-0.3, -0.25) is 4.90 Å². The van der Waals surface area contributed by atoms with Gasteiger partial charge in [-0.2, -0.15) is 0 Å². The van der Waals surface area contributed by atoms with E-state index in [1.165, 1.54) is 0 Å².